The standard InChI is InChI=1S/C15H23N3/c1-12-10-18(8-7-17(12)2)11-13-3-4-14-5-6-16-15(14)9-13/h3-4,9,12,16H,5-8,10-11H2,1-2H3. The molecule has 0 radical (unpaired) electrons. The Bertz CT molecular complexity index is 430. The highest BCUT2D eigenvalue weighted by molar-refractivity contribution is 5.57. The zero-order valence-corrected chi connectivity index (χ0v) is 11.4. The molecule has 18 heavy (non-hydrogen) atoms. The molecule has 3 rings (SSSR count). The van der Waals surface area contributed by atoms with E-state index in [0.717, 1.165) is 13.1 Å². The summed E-state index contributed by atoms with van der Waals surface area (Å²) in [5.41, 5.74) is 4.28. The second-order valence-electron chi connectivity index (χ2n) is 5.73. The third kappa shape index (κ3) is 2.38. The molecule has 1 atom stereocenters. The SMILES string of the molecule is CC1CN(Cc2ccc3c(c2)NCC3)CCN1C. The number of rotatable bonds is 2. The van der Waals surface area contributed by atoms with Crippen molar-refractivity contribution in [1.29, 1.82) is 0 Å². The maximum Gasteiger partial charge on any atom is 0.0376 e. The van der Waals surface area contributed by atoms with Crippen molar-refractivity contribution in [2.24, 2.45) is 0 Å². The Balaban J connectivity index is 1.66. The number of benzene rings is 1. The second-order valence-corrected chi connectivity index (χ2v) is 5.73. The van der Waals surface area contributed by atoms with Crippen LogP contribution in [0.2, 0.25) is 0 Å². The molecule has 1 aromatic carbocycles. The van der Waals surface area contributed by atoms with Crippen molar-refractivity contribution >= 4 is 5.69 Å². The molecule has 98 valence electrons. The quantitative estimate of drug-likeness (QED) is 0.857. The summed E-state index contributed by atoms with van der Waals surface area (Å²) in [5.74, 6) is 0. The third-order valence-electron chi connectivity index (χ3n) is 4.33. The number of nitrogens with zero attached hydrogens (tertiary/aromatic N) is 2. The van der Waals surface area contributed by atoms with Crippen molar-refractivity contribution in [1.82, 2.24) is 9.80 Å². The molecule has 0 bridgehead atoms. The predicted molar refractivity (Wildman–Crippen MR) is 76.0 cm³/mol. The van der Waals surface area contributed by atoms with Gasteiger partial charge in [-0.2, -0.15) is 0 Å². The van der Waals surface area contributed by atoms with Gasteiger partial charge < -0.3 is 10.2 Å². The minimum Gasteiger partial charge on any atom is -0.384 e. The summed E-state index contributed by atoms with van der Waals surface area (Å²) in [5, 5.41) is 3.47. The van der Waals surface area contributed by atoms with Crippen molar-refractivity contribution < 1.29 is 0 Å². The molecular weight excluding hydrogens is 222 g/mol. The van der Waals surface area contributed by atoms with Gasteiger partial charge >= 0.3 is 0 Å². The summed E-state index contributed by atoms with van der Waals surface area (Å²) in [6.45, 7) is 8.06. The number of nitrogens with one attached hydrogen (secondary N) is 1. The molecular formula is C15H23N3. The van der Waals surface area contributed by atoms with Gasteiger partial charge in [-0.1, -0.05) is 12.1 Å². The fourth-order valence-electron chi connectivity index (χ4n) is 2.96. The largest absolute Gasteiger partial charge is 0.384 e. The molecule has 1 aromatic rings. The smallest absolute Gasteiger partial charge is 0.0376 e. The number of anilines is 1. The summed E-state index contributed by atoms with van der Waals surface area (Å²) in [6, 6.07) is 7.61. The van der Waals surface area contributed by atoms with Gasteiger partial charge in [-0.3, -0.25) is 4.90 Å². The second kappa shape index (κ2) is 4.90. The van der Waals surface area contributed by atoms with Crippen LogP contribution in [0.5, 0.6) is 0 Å². The van der Waals surface area contributed by atoms with Crippen LogP contribution in [-0.4, -0.2) is 49.1 Å². The van der Waals surface area contributed by atoms with Crippen LogP contribution in [0.25, 0.3) is 0 Å². The number of likely N-dealkylation sites (N-methyl/N-ethyl adjacent to an activating group) is 1. The highest BCUT2D eigenvalue weighted by atomic mass is 15.3. The molecule has 2 aliphatic heterocycles. The average Bonchev–Trinajstić information content (AvgIpc) is 2.81. The van der Waals surface area contributed by atoms with E-state index in [-0.39, 0.29) is 0 Å². The first kappa shape index (κ1) is 12.0. The van der Waals surface area contributed by atoms with Gasteiger partial charge in [-0.15, -0.1) is 0 Å². The summed E-state index contributed by atoms with van der Waals surface area (Å²) in [6.07, 6.45) is 1.18. The van der Waals surface area contributed by atoms with Gasteiger partial charge in [0.2, 0.25) is 0 Å². The van der Waals surface area contributed by atoms with E-state index in [4.69, 9.17) is 0 Å². The van der Waals surface area contributed by atoms with Gasteiger partial charge in [0.1, 0.15) is 0 Å². The molecule has 3 heteroatoms. The minimum atomic E-state index is 0.673. The van der Waals surface area contributed by atoms with Crippen LogP contribution in [0.3, 0.4) is 0 Å². The number of hydrogen-bond donors (Lipinski definition) is 1. The fourth-order valence-corrected chi connectivity index (χ4v) is 2.96. The van der Waals surface area contributed by atoms with E-state index < -0.39 is 0 Å². The van der Waals surface area contributed by atoms with E-state index >= 15 is 0 Å². The van der Waals surface area contributed by atoms with Gasteiger partial charge in [-0.25, -0.2) is 0 Å². The van der Waals surface area contributed by atoms with Crippen LogP contribution in [0.15, 0.2) is 18.2 Å². The van der Waals surface area contributed by atoms with E-state index in [1.807, 2.05) is 0 Å². The Morgan fingerprint density at radius 2 is 2.22 bits per heavy atom. The molecule has 1 unspecified atom stereocenters. The summed E-state index contributed by atoms with van der Waals surface area (Å²) < 4.78 is 0. The van der Waals surface area contributed by atoms with Gasteiger partial charge in [0.05, 0.1) is 0 Å². The molecule has 2 aliphatic rings. The molecule has 2 heterocycles. The monoisotopic (exact) mass is 245 g/mol. The molecule has 0 aromatic heterocycles. The molecule has 0 spiro atoms. The van der Waals surface area contributed by atoms with Crippen molar-refractivity contribution in [3.05, 3.63) is 29.3 Å². The van der Waals surface area contributed by atoms with E-state index in [1.165, 1.54) is 42.9 Å². The van der Waals surface area contributed by atoms with Gasteiger partial charge in [0.25, 0.3) is 0 Å². The van der Waals surface area contributed by atoms with Crippen molar-refractivity contribution in [2.45, 2.75) is 25.9 Å². The van der Waals surface area contributed by atoms with E-state index in [1.54, 1.807) is 0 Å². The topological polar surface area (TPSA) is 18.5 Å². The lowest BCUT2D eigenvalue weighted by Gasteiger charge is -2.37. The van der Waals surface area contributed by atoms with Crippen LogP contribution in [0.1, 0.15) is 18.1 Å². The lowest BCUT2D eigenvalue weighted by atomic mass is 10.1. The Hall–Kier alpha value is -1.06. The number of piperazine rings is 1. The first-order valence-electron chi connectivity index (χ1n) is 7.00. The maximum absolute atomic E-state index is 3.47. The maximum atomic E-state index is 3.47. The lowest BCUT2D eigenvalue weighted by Crippen LogP contribution is -2.49. The first-order chi connectivity index (χ1) is 8.72. The average molecular weight is 245 g/mol. The predicted octanol–water partition coefficient (Wildman–Crippen LogP) is 1.79. The molecule has 1 N–H and O–H groups in total. The van der Waals surface area contributed by atoms with E-state index in [9.17, 15) is 0 Å². The van der Waals surface area contributed by atoms with Crippen LogP contribution in [-0.2, 0) is 13.0 Å². The normalized spacial score (nSPS) is 24.9. The van der Waals surface area contributed by atoms with Crippen LogP contribution in [0, 0.1) is 0 Å². The molecule has 0 amide bonds. The van der Waals surface area contributed by atoms with Gasteiger partial charge in [0.15, 0.2) is 0 Å². The first-order valence-corrected chi connectivity index (χ1v) is 7.00. The molecule has 0 saturated carbocycles. The molecule has 1 saturated heterocycles. The lowest BCUT2D eigenvalue weighted by molar-refractivity contribution is 0.1000. The van der Waals surface area contributed by atoms with Gasteiger partial charge in [-0.05, 0) is 37.6 Å². The Labute approximate surface area is 110 Å². The third-order valence-corrected chi connectivity index (χ3v) is 4.33. The molecule has 0 aliphatic carbocycles. The van der Waals surface area contributed by atoms with Crippen LogP contribution < -0.4 is 5.32 Å². The fraction of sp³-hybridized carbons (Fsp3) is 0.600. The van der Waals surface area contributed by atoms with Crippen molar-refractivity contribution in [2.75, 3.05) is 38.5 Å². The number of hydrogen-bond acceptors (Lipinski definition) is 3. The molecule has 3 nitrogen and oxygen atoms in total. The highest BCUT2D eigenvalue weighted by Crippen LogP contribution is 2.24. The summed E-state index contributed by atoms with van der Waals surface area (Å²) in [7, 11) is 2.22. The van der Waals surface area contributed by atoms with E-state index in [2.05, 4.69) is 47.3 Å². The minimum absolute atomic E-state index is 0.673. The van der Waals surface area contributed by atoms with Crippen LogP contribution in [0.4, 0.5) is 5.69 Å². The van der Waals surface area contributed by atoms with Crippen molar-refractivity contribution in [3.8, 4) is 0 Å². The Morgan fingerprint density at radius 1 is 1.33 bits per heavy atom. The Morgan fingerprint density at radius 3 is 3.06 bits per heavy atom. The zero-order chi connectivity index (χ0) is 12.5. The van der Waals surface area contributed by atoms with Crippen LogP contribution >= 0.6 is 0 Å². The highest BCUT2D eigenvalue weighted by Gasteiger charge is 2.20. The van der Waals surface area contributed by atoms with Crippen molar-refractivity contribution in [3.63, 3.8) is 0 Å². The summed E-state index contributed by atoms with van der Waals surface area (Å²) >= 11 is 0. The summed E-state index contributed by atoms with van der Waals surface area (Å²) in [4.78, 5) is 5.02. The van der Waals surface area contributed by atoms with E-state index in [0.29, 0.717) is 6.04 Å². The zero-order valence-electron chi connectivity index (χ0n) is 11.4. The number of fused-ring (bicyclic) bond motifs is 1. The molecule has 1 fully saturated rings. The van der Waals surface area contributed by atoms with Gasteiger partial charge in [0, 0.05) is 44.5 Å². The Kier molecular flexibility index (Phi) is 3.27.